The van der Waals surface area contributed by atoms with E-state index in [9.17, 15) is 0 Å². The minimum atomic E-state index is 1.22. The van der Waals surface area contributed by atoms with Crippen molar-refractivity contribution in [2.24, 2.45) is 0 Å². The molecule has 0 aromatic heterocycles. The molecule has 0 fully saturated rings. The molecule has 0 bridgehead atoms. The summed E-state index contributed by atoms with van der Waals surface area (Å²) in [7, 11) is 0. The second kappa shape index (κ2) is 10.7. The summed E-state index contributed by atoms with van der Waals surface area (Å²) in [6.45, 7) is 0. The quantitative estimate of drug-likeness (QED) is 0.139. The van der Waals surface area contributed by atoms with Crippen LogP contribution in [0.2, 0.25) is 0 Å². The molecule has 0 unspecified atom stereocenters. The van der Waals surface area contributed by atoms with Gasteiger partial charge >= 0.3 is 0 Å². The van der Waals surface area contributed by atoms with Gasteiger partial charge in [-0.2, -0.15) is 0 Å². The van der Waals surface area contributed by atoms with Gasteiger partial charge < -0.3 is 0 Å². The summed E-state index contributed by atoms with van der Waals surface area (Å²) in [5.41, 5.74) is 7.55. The van der Waals surface area contributed by atoms with Crippen molar-refractivity contribution >= 4 is 64.6 Å². The Morgan fingerprint density at radius 2 is 0.625 bits per heavy atom. The van der Waals surface area contributed by atoms with Crippen LogP contribution >= 0.6 is 0 Å². The first-order chi connectivity index (χ1) is 23.8. The van der Waals surface area contributed by atoms with Crippen LogP contribution in [0.15, 0.2) is 182 Å². The third-order valence-electron chi connectivity index (χ3n) is 10.2. The molecule has 0 atom stereocenters. The first kappa shape index (κ1) is 26.9. The molecule has 0 N–H and O–H groups in total. The van der Waals surface area contributed by atoms with E-state index in [1.165, 1.54) is 98.0 Å². The number of rotatable bonds is 3. The average molecular weight is 607 g/mol. The Morgan fingerprint density at radius 1 is 0.208 bits per heavy atom. The van der Waals surface area contributed by atoms with Crippen LogP contribution in [-0.4, -0.2) is 0 Å². The lowest BCUT2D eigenvalue weighted by molar-refractivity contribution is 1.63. The molecule has 0 spiro atoms. The van der Waals surface area contributed by atoms with Crippen LogP contribution in [0.1, 0.15) is 0 Å². The molecule has 0 aliphatic heterocycles. The van der Waals surface area contributed by atoms with Gasteiger partial charge in [-0.05, 0) is 110 Å². The molecule has 0 heterocycles. The fourth-order valence-corrected chi connectivity index (χ4v) is 8.00. The van der Waals surface area contributed by atoms with E-state index in [0.29, 0.717) is 0 Å². The fraction of sp³-hybridized carbons (Fsp3) is 0. The van der Waals surface area contributed by atoms with Crippen molar-refractivity contribution in [3.63, 3.8) is 0 Å². The minimum absolute atomic E-state index is 1.22. The van der Waals surface area contributed by atoms with Crippen molar-refractivity contribution in [2.45, 2.75) is 0 Å². The van der Waals surface area contributed by atoms with Crippen LogP contribution in [0.25, 0.3) is 98.0 Å². The summed E-state index contributed by atoms with van der Waals surface area (Å²) in [4.78, 5) is 0. The van der Waals surface area contributed by atoms with E-state index in [2.05, 4.69) is 182 Å². The van der Waals surface area contributed by atoms with E-state index in [-0.39, 0.29) is 0 Å². The van der Waals surface area contributed by atoms with Gasteiger partial charge in [0.05, 0.1) is 0 Å². The van der Waals surface area contributed by atoms with E-state index in [0.717, 1.165) is 0 Å². The van der Waals surface area contributed by atoms with Crippen LogP contribution in [-0.2, 0) is 0 Å². The lowest BCUT2D eigenvalue weighted by Gasteiger charge is -2.19. The highest BCUT2D eigenvalue weighted by atomic mass is 14.2. The van der Waals surface area contributed by atoms with Gasteiger partial charge in [-0.25, -0.2) is 0 Å². The Morgan fingerprint density at radius 3 is 1.27 bits per heavy atom. The summed E-state index contributed by atoms with van der Waals surface area (Å²) in [6.07, 6.45) is 0. The zero-order valence-electron chi connectivity index (χ0n) is 26.3. The maximum absolute atomic E-state index is 2.40. The smallest absolute Gasteiger partial charge is 0.00199 e. The number of benzene rings is 10. The van der Waals surface area contributed by atoms with Crippen molar-refractivity contribution < 1.29 is 0 Å². The first-order valence-corrected chi connectivity index (χ1v) is 16.7. The van der Waals surface area contributed by atoms with E-state index in [1.807, 2.05) is 0 Å². The van der Waals surface area contributed by atoms with Crippen molar-refractivity contribution in [3.8, 4) is 33.4 Å². The minimum Gasteiger partial charge on any atom is -0.0616 e. The Labute approximate surface area is 279 Å². The maximum atomic E-state index is 2.40. The Bertz CT molecular complexity index is 2820. The summed E-state index contributed by atoms with van der Waals surface area (Å²) < 4.78 is 0. The fourth-order valence-electron chi connectivity index (χ4n) is 8.00. The first-order valence-electron chi connectivity index (χ1n) is 16.7. The number of hydrogen-bond donors (Lipinski definition) is 0. The van der Waals surface area contributed by atoms with Gasteiger partial charge in [-0.3, -0.25) is 0 Å². The topological polar surface area (TPSA) is 0 Å². The average Bonchev–Trinajstić information content (AvgIpc) is 3.16. The largest absolute Gasteiger partial charge is 0.0616 e. The molecule has 10 aromatic rings. The third kappa shape index (κ3) is 4.10. The Kier molecular flexibility index (Phi) is 5.98. The zero-order chi connectivity index (χ0) is 31.6. The SMILES string of the molecule is c1ccc2c(c1)ccc1ccc(-c3ccc(-c4c5ccccc5c(-c5cc6ccccc6c6ccccc56)c5ccccc45)cc3)cc12. The standard InChI is InChI=1S/C48H30/c1-3-13-37-32(11-1)23-24-33-25-28-35(29-45(33)37)31-21-26-34(27-22-31)47-41-17-7-9-19-43(41)48(44-20-10-8-18-42(44)47)46-30-36-12-2-4-14-38(36)39-15-5-6-16-40(39)46/h1-30H. The summed E-state index contributed by atoms with van der Waals surface area (Å²) in [6, 6.07) is 67.1. The van der Waals surface area contributed by atoms with Crippen LogP contribution in [0.4, 0.5) is 0 Å². The van der Waals surface area contributed by atoms with Crippen LogP contribution < -0.4 is 0 Å². The molecular formula is C48H30. The predicted octanol–water partition coefficient (Wildman–Crippen LogP) is 13.6. The molecule has 0 saturated heterocycles. The van der Waals surface area contributed by atoms with E-state index < -0.39 is 0 Å². The van der Waals surface area contributed by atoms with Crippen molar-refractivity contribution in [1.82, 2.24) is 0 Å². The molecule has 10 aromatic carbocycles. The molecule has 0 nitrogen and oxygen atoms in total. The van der Waals surface area contributed by atoms with Crippen LogP contribution in [0.5, 0.6) is 0 Å². The highest BCUT2D eigenvalue weighted by molar-refractivity contribution is 6.25. The number of fused-ring (bicyclic) bond motifs is 8. The molecule has 0 aliphatic carbocycles. The van der Waals surface area contributed by atoms with E-state index in [1.54, 1.807) is 0 Å². The lowest BCUT2D eigenvalue weighted by Crippen LogP contribution is -1.92. The van der Waals surface area contributed by atoms with Gasteiger partial charge in [0.2, 0.25) is 0 Å². The maximum Gasteiger partial charge on any atom is -0.00199 e. The third-order valence-corrected chi connectivity index (χ3v) is 10.2. The van der Waals surface area contributed by atoms with Gasteiger partial charge in [0.1, 0.15) is 0 Å². The second-order valence-electron chi connectivity index (χ2n) is 12.8. The zero-order valence-corrected chi connectivity index (χ0v) is 26.3. The molecule has 48 heavy (non-hydrogen) atoms. The molecule has 0 amide bonds. The Balaban J connectivity index is 1.19. The molecular weight excluding hydrogens is 577 g/mol. The van der Waals surface area contributed by atoms with Gasteiger partial charge in [0.15, 0.2) is 0 Å². The normalized spacial score (nSPS) is 11.8. The molecule has 0 radical (unpaired) electrons. The monoisotopic (exact) mass is 606 g/mol. The van der Waals surface area contributed by atoms with Crippen LogP contribution in [0, 0.1) is 0 Å². The van der Waals surface area contributed by atoms with Crippen LogP contribution in [0.3, 0.4) is 0 Å². The van der Waals surface area contributed by atoms with Crippen molar-refractivity contribution in [1.29, 1.82) is 0 Å². The van der Waals surface area contributed by atoms with E-state index in [4.69, 9.17) is 0 Å². The lowest BCUT2D eigenvalue weighted by atomic mass is 9.83. The molecule has 0 aliphatic rings. The highest BCUT2D eigenvalue weighted by Gasteiger charge is 2.19. The Hall–Kier alpha value is -6.24. The van der Waals surface area contributed by atoms with Gasteiger partial charge in [0.25, 0.3) is 0 Å². The number of hydrogen-bond acceptors (Lipinski definition) is 0. The van der Waals surface area contributed by atoms with Gasteiger partial charge in [-0.1, -0.05) is 170 Å². The molecule has 10 rings (SSSR count). The summed E-state index contributed by atoms with van der Waals surface area (Å²) in [5, 5.41) is 15.4. The van der Waals surface area contributed by atoms with Gasteiger partial charge in [-0.15, -0.1) is 0 Å². The van der Waals surface area contributed by atoms with Crippen molar-refractivity contribution in [2.75, 3.05) is 0 Å². The molecule has 222 valence electrons. The molecule has 0 heteroatoms. The highest BCUT2D eigenvalue weighted by Crippen LogP contribution is 2.46. The van der Waals surface area contributed by atoms with E-state index >= 15 is 0 Å². The second-order valence-corrected chi connectivity index (χ2v) is 12.8. The summed E-state index contributed by atoms with van der Waals surface area (Å²) >= 11 is 0. The summed E-state index contributed by atoms with van der Waals surface area (Å²) in [5.74, 6) is 0. The van der Waals surface area contributed by atoms with Gasteiger partial charge in [0, 0.05) is 0 Å². The predicted molar refractivity (Wildman–Crippen MR) is 208 cm³/mol. The van der Waals surface area contributed by atoms with Crippen molar-refractivity contribution in [3.05, 3.63) is 182 Å². The molecule has 0 saturated carbocycles.